The number of carbonyl (C=O) groups excluding carboxylic acids is 1. The van der Waals surface area contributed by atoms with Gasteiger partial charge in [0.05, 0.1) is 24.0 Å². The van der Waals surface area contributed by atoms with Gasteiger partial charge in [-0.3, -0.25) is 4.79 Å². The molecular formula is C20H25ClN4O2. The van der Waals surface area contributed by atoms with Crippen molar-refractivity contribution < 1.29 is 9.90 Å². The first-order valence-corrected chi connectivity index (χ1v) is 10.0. The van der Waals surface area contributed by atoms with Crippen molar-refractivity contribution in [2.24, 2.45) is 5.92 Å². The molecule has 1 amide bonds. The van der Waals surface area contributed by atoms with Gasteiger partial charge in [-0.05, 0) is 42.9 Å². The zero-order valence-corrected chi connectivity index (χ0v) is 16.5. The molecule has 0 bridgehead atoms. The Bertz CT molecular complexity index is 860. The topological polar surface area (TPSA) is 71.2 Å². The average molecular weight is 389 g/mol. The van der Waals surface area contributed by atoms with Crippen LogP contribution >= 0.6 is 11.6 Å². The van der Waals surface area contributed by atoms with Crippen LogP contribution in [0.2, 0.25) is 5.02 Å². The lowest BCUT2D eigenvalue weighted by Crippen LogP contribution is -2.43. The van der Waals surface area contributed by atoms with E-state index in [1.54, 1.807) is 12.1 Å². The standard InChI is InChI=1S/C20H25ClN4O2/c1-12(2)9-16-20-22-19(14-4-5-14)23-25(20)8-7-24(16)18(27)11-13-3-6-17(26)15(21)10-13/h3,6,10,12,14,16,26H,4-5,7-9,11H2,1-2H3/t16-/m0/s1. The van der Waals surface area contributed by atoms with Gasteiger partial charge >= 0.3 is 0 Å². The van der Waals surface area contributed by atoms with E-state index in [0.29, 0.717) is 24.9 Å². The van der Waals surface area contributed by atoms with Crippen LogP contribution in [0.15, 0.2) is 18.2 Å². The van der Waals surface area contributed by atoms with Crippen molar-refractivity contribution in [3.63, 3.8) is 0 Å². The van der Waals surface area contributed by atoms with Gasteiger partial charge in [-0.25, -0.2) is 9.67 Å². The van der Waals surface area contributed by atoms with Crippen LogP contribution in [0.1, 0.15) is 62.3 Å². The molecule has 144 valence electrons. The number of hydrogen-bond donors (Lipinski definition) is 1. The van der Waals surface area contributed by atoms with Crippen LogP contribution in [0.5, 0.6) is 5.75 Å². The normalized spacial score (nSPS) is 19.4. The second-order valence-corrected chi connectivity index (χ2v) is 8.43. The Morgan fingerprint density at radius 2 is 2.11 bits per heavy atom. The van der Waals surface area contributed by atoms with Crippen LogP contribution in [0, 0.1) is 5.92 Å². The maximum Gasteiger partial charge on any atom is 0.227 e. The Hall–Kier alpha value is -2.08. The zero-order chi connectivity index (χ0) is 19.1. The van der Waals surface area contributed by atoms with E-state index < -0.39 is 0 Å². The third-order valence-electron chi connectivity index (χ3n) is 5.27. The molecule has 0 unspecified atom stereocenters. The first kappa shape index (κ1) is 18.3. The molecule has 1 aliphatic heterocycles. The summed E-state index contributed by atoms with van der Waals surface area (Å²) >= 11 is 5.99. The van der Waals surface area contributed by atoms with E-state index in [2.05, 4.69) is 13.8 Å². The number of halogens is 1. The van der Waals surface area contributed by atoms with Crippen molar-refractivity contribution >= 4 is 17.5 Å². The van der Waals surface area contributed by atoms with E-state index in [4.69, 9.17) is 21.7 Å². The first-order valence-electron chi connectivity index (χ1n) is 9.64. The molecule has 7 heteroatoms. The summed E-state index contributed by atoms with van der Waals surface area (Å²) in [4.78, 5) is 19.8. The molecule has 2 aromatic rings. The molecule has 1 aromatic carbocycles. The summed E-state index contributed by atoms with van der Waals surface area (Å²) in [5.41, 5.74) is 0.803. The van der Waals surface area contributed by atoms with Crippen molar-refractivity contribution in [3.05, 3.63) is 40.4 Å². The summed E-state index contributed by atoms with van der Waals surface area (Å²) in [5.74, 6) is 2.91. The molecule has 1 N–H and O–H groups in total. The molecule has 4 rings (SSSR count). The predicted octanol–water partition coefficient (Wildman–Crippen LogP) is 3.69. The molecular weight excluding hydrogens is 364 g/mol. The van der Waals surface area contributed by atoms with Crippen molar-refractivity contribution in [1.82, 2.24) is 19.7 Å². The van der Waals surface area contributed by atoms with Gasteiger partial charge in [-0.2, -0.15) is 5.10 Å². The second-order valence-electron chi connectivity index (χ2n) is 8.02. The number of hydrogen-bond acceptors (Lipinski definition) is 4. The second kappa shape index (κ2) is 7.15. The molecule has 2 heterocycles. The highest BCUT2D eigenvalue weighted by atomic mass is 35.5. The van der Waals surface area contributed by atoms with Gasteiger partial charge < -0.3 is 10.0 Å². The number of fused-ring (bicyclic) bond motifs is 1. The maximum atomic E-state index is 13.1. The highest BCUT2D eigenvalue weighted by Crippen LogP contribution is 2.40. The SMILES string of the molecule is CC(C)C[C@H]1c2nc(C3CC3)nn2CCN1C(=O)Cc1ccc(O)c(Cl)c1. The van der Waals surface area contributed by atoms with Crippen molar-refractivity contribution in [1.29, 1.82) is 0 Å². The third kappa shape index (κ3) is 3.81. The Kier molecular flexibility index (Phi) is 4.84. The van der Waals surface area contributed by atoms with E-state index in [-0.39, 0.29) is 29.1 Å². The van der Waals surface area contributed by atoms with E-state index in [0.717, 1.165) is 23.6 Å². The fourth-order valence-electron chi connectivity index (χ4n) is 3.71. The van der Waals surface area contributed by atoms with Crippen molar-refractivity contribution in [2.75, 3.05) is 6.54 Å². The number of nitrogens with zero attached hydrogens (tertiary/aromatic N) is 4. The lowest BCUT2D eigenvalue weighted by molar-refractivity contribution is -0.134. The number of phenolic OH excluding ortho intramolecular Hbond substituents is 1. The molecule has 1 aliphatic carbocycles. The Balaban J connectivity index is 1.57. The number of carbonyl (C=O) groups is 1. The van der Waals surface area contributed by atoms with Crippen LogP contribution < -0.4 is 0 Å². The quantitative estimate of drug-likeness (QED) is 0.847. The van der Waals surface area contributed by atoms with E-state index in [1.165, 1.54) is 18.9 Å². The summed E-state index contributed by atoms with van der Waals surface area (Å²) in [6, 6.07) is 4.89. The monoisotopic (exact) mass is 388 g/mol. The Morgan fingerprint density at radius 1 is 1.33 bits per heavy atom. The number of rotatable bonds is 5. The molecule has 1 saturated carbocycles. The van der Waals surface area contributed by atoms with Gasteiger partial charge in [-0.1, -0.05) is 31.5 Å². The molecule has 0 radical (unpaired) electrons. The van der Waals surface area contributed by atoms with Gasteiger partial charge in [0, 0.05) is 12.5 Å². The summed E-state index contributed by atoms with van der Waals surface area (Å²) < 4.78 is 2.00. The van der Waals surface area contributed by atoms with Gasteiger partial charge in [-0.15, -0.1) is 0 Å². The summed E-state index contributed by atoms with van der Waals surface area (Å²) in [6.07, 6.45) is 3.47. The highest BCUT2D eigenvalue weighted by Gasteiger charge is 2.36. The molecule has 0 saturated heterocycles. The van der Waals surface area contributed by atoms with Crippen molar-refractivity contribution in [3.8, 4) is 5.75 Å². The summed E-state index contributed by atoms with van der Waals surface area (Å²) in [6.45, 7) is 5.66. The first-order chi connectivity index (χ1) is 12.9. The minimum absolute atomic E-state index is 0.0317. The lowest BCUT2D eigenvalue weighted by Gasteiger charge is -2.36. The number of aromatic hydroxyl groups is 1. The number of benzene rings is 1. The average Bonchev–Trinajstić information content (AvgIpc) is 3.37. The molecule has 1 fully saturated rings. The van der Waals surface area contributed by atoms with Gasteiger partial charge in [0.15, 0.2) is 5.82 Å². The fraction of sp³-hybridized carbons (Fsp3) is 0.550. The minimum Gasteiger partial charge on any atom is -0.506 e. The van der Waals surface area contributed by atoms with Gasteiger partial charge in [0.2, 0.25) is 5.91 Å². The van der Waals surface area contributed by atoms with E-state index >= 15 is 0 Å². The van der Waals surface area contributed by atoms with E-state index in [9.17, 15) is 9.90 Å². The highest BCUT2D eigenvalue weighted by molar-refractivity contribution is 6.32. The Labute approximate surface area is 164 Å². The zero-order valence-electron chi connectivity index (χ0n) is 15.7. The number of amides is 1. The minimum atomic E-state index is -0.0427. The third-order valence-corrected chi connectivity index (χ3v) is 5.57. The van der Waals surface area contributed by atoms with Crippen LogP contribution in [0.3, 0.4) is 0 Å². The smallest absolute Gasteiger partial charge is 0.227 e. The Morgan fingerprint density at radius 3 is 2.78 bits per heavy atom. The molecule has 1 atom stereocenters. The molecule has 6 nitrogen and oxygen atoms in total. The molecule has 1 aromatic heterocycles. The predicted molar refractivity (Wildman–Crippen MR) is 103 cm³/mol. The van der Waals surface area contributed by atoms with E-state index in [1.807, 2.05) is 9.58 Å². The largest absolute Gasteiger partial charge is 0.506 e. The number of aromatic nitrogens is 3. The number of phenols is 1. The molecule has 27 heavy (non-hydrogen) atoms. The summed E-state index contributed by atoms with van der Waals surface area (Å²) in [7, 11) is 0. The lowest BCUT2D eigenvalue weighted by atomic mass is 9.99. The van der Waals surface area contributed by atoms with Crippen LogP contribution in [0.25, 0.3) is 0 Å². The van der Waals surface area contributed by atoms with Crippen LogP contribution in [-0.4, -0.2) is 37.2 Å². The summed E-state index contributed by atoms with van der Waals surface area (Å²) in [5, 5.41) is 14.5. The molecule has 2 aliphatic rings. The van der Waals surface area contributed by atoms with Crippen molar-refractivity contribution in [2.45, 2.75) is 58.0 Å². The fourth-order valence-corrected chi connectivity index (χ4v) is 3.91. The van der Waals surface area contributed by atoms with Gasteiger partial charge in [0.25, 0.3) is 0 Å². The van der Waals surface area contributed by atoms with Crippen LogP contribution in [-0.2, 0) is 17.8 Å². The van der Waals surface area contributed by atoms with Gasteiger partial charge in [0.1, 0.15) is 11.6 Å². The van der Waals surface area contributed by atoms with Crippen LogP contribution in [0.4, 0.5) is 0 Å². The maximum absolute atomic E-state index is 13.1. The molecule has 0 spiro atoms.